The van der Waals surface area contributed by atoms with Crippen LogP contribution in [0.1, 0.15) is 6.92 Å². The van der Waals surface area contributed by atoms with Crippen LogP contribution in [-0.4, -0.2) is 20.2 Å². The summed E-state index contributed by atoms with van der Waals surface area (Å²) in [7, 11) is -3.25. The Balaban J connectivity index is 3.11. The van der Waals surface area contributed by atoms with Crippen molar-refractivity contribution in [1.82, 2.24) is 0 Å². The molecule has 1 unspecified atom stereocenters. The lowest BCUT2D eigenvalue weighted by atomic mass is 10.4. The van der Waals surface area contributed by atoms with Gasteiger partial charge in [0.05, 0.1) is 10.1 Å². The summed E-state index contributed by atoms with van der Waals surface area (Å²) in [6.45, 7) is 1.75. The van der Waals surface area contributed by atoms with Crippen molar-refractivity contribution in [1.29, 1.82) is 0 Å². The fourth-order valence-electron chi connectivity index (χ4n) is 0.983. The number of hydrogen-bond acceptors (Lipinski definition) is 3. The molecule has 14 heavy (non-hydrogen) atoms. The van der Waals surface area contributed by atoms with Crippen molar-refractivity contribution in [2.75, 3.05) is 6.54 Å². The Morgan fingerprint density at radius 3 is 2.29 bits per heavy atom. The van der Waals surface area contributed by atoms with Gasteiger partial charge < -0.3 is 5.73 Å². The number of hydrogen-bond donors (Lipinski definition) is 1. The topological polar surface area (TPSA) is 60.2 Å². The molecule has 0 spiro atoms. The number of benzene rings is 1. The summed E-state index contributed by atoms with van der Waals surface area (Å²) in [5.74, 6) is 0. The second-order valence-electron chi connectivity index (χ2n) is 3.05. The Kier molecular flexibility index (Phi) is 3.69. The highest BCUT2D eigenvalue weighted by Crippen LogP contribution is 2.18. The van der Waals surface area contributed by atoms with E-state index in [4.69, 9.17) is 5.73 Å². The van der Waals surface area contributed by atoms with Crippen molar-refractivity contribution < 1.29 is 8.42 Å². The van der Waals surface area contributed by atoms with Crippen LogP contribution >= 0.6 is 15.9 Å². The minimum atomic E-state index is -3.25. The van der Waals surface area contributed by atoms with Crippen LogP contribution in [0, 0.1) is 0 Å². The molecule has 2 N–H and O–H groups in total. The molecule has 0 fully saturated rings. The Bertz CT molecular complexity index is 399. The molecule has 0 amide bonds. The van der Waals surface area contributed by atoms with E-state index in [-0.39, 0.29) is 6.54 Å². The summed E-state index contributed by atoms with van der Waals surface area (Å²) >= 11 is 3.25. The van der Waals surface area contributed by atoms with Gasteiger partial charge in [-0.25, -0.2) is 8.42 Å². The van der Waals surface area contributed by atoms with Crippen molar-refractivity contribution >= 4 is 25.8 Å². The third kappa shape index (κ3) is 2.34. The van der Waals surface area contributed by atoms with Gasteiger partial charge >= 0.3 is 0 Å². The maximum absolute atomic E-state index is 11.8. The predicted molar refractivity (Wildman–Crippen MR) is 59.8 cm³/mol. The summed E-state index contributed by atoms with van der Waals surface area (Å²) in [4.78, 5) is 0.318. The van der Waals surface area contributed by atoms with E-state index in [2.05, 4.69) is 15.9 Å². The SMILES string of the molecule is CC(CN)S(=O)(=O)c1ccc(Br)cc1. The normalized spacial score (nSPS) is 13.9. The van der Waals surface area contributed by atoms with Crippen LogP contribution in [0.25, 0.3) is 0 Å². The van der Waals surface area contributed by atoms with E-state index in [1.54, 1.807) is 31.2 Å². The molecule has 1 aromatic rings. The molecule has 1 aromatic carbocycles. The third-order valence-corrected chi connectivity index (χ3v) is 4.71. The Morgan fingerprint density at radius 1 is 1.36 bits per heavy atom. The minimum Gasteiger partial charge on any atom is -0.329 e. The summed E-state index contributed by atoms with van der Waals surface area (Å²) in [6, 6.07) is 6.56. The average Bonchev–Trinajstić information content (AvgIpc) is 2.17. The molecule has 0 saturated carbocycles. The number of nitrogens with two attached hydrogens (primary N) is 1. The highest BCUT2D eigenvalue weighted by Gasteiger charge is 2.21. The second-order valence-corrected chi connectivity index (χ2v) is 6.33. The van der Waals surface area contributed by atoms with Gasteiger partial charge in [0.25, 0.3) is 0 Å². The van der Waals surface area contributed by atoms with Gasteiger partial charge in [0.2, 0.25) is 0 Å². The zero-order valence-electron chi connectivity index (χ0n) is 7.77. The van der Waals surface area contributed by atoms with Gasteiger partial charge in [-0.1, -0.05) is 15.9 Å². The lowest BCUT2D eigenvalue weighted by Crippen LogP contribution is -2.26. The van der Waals surface area contributed by atoms with E-state index in [0.717, 1.165) is 4.47 Å². The van der Waals surface area contributed by atoms with Crippen LogP contribution < -0.4 is 5.73 Å². The molecule has 0 aliphatic rings. The van der Waals surface area contributed by atoms with Crippen molar-refractivity contribution in [2.24, 2.45) is 5.73 Å². The minimum absolute atomic E-state index is 0.137. The van der Waals surface area contributed by atoms with Crippen molar-refractivity contribution in [3.8, 4) is 0 Å². The standard InChI is InChI=1S/C9H12BrNO2S/c1-7(6-11)14(12,13)9-4-2-8(10)3-5-9/h2-5,7H,6,11H2,1H3. The smallest absolute Gasteiger partial charge is 0.182 e. The summed E-state index contributed by atoms with van der Waals surface area (Å²) in [5, 5.41) is -0.538. The summed E-state index contributed by atoms with van der Waals surface area (Å²) < 4.78 is 24.4. The Labute approximate surface area is 92.4 Å². The summed E-state index contributed by atoms with van der Waals surface area (Å²) in [5.41, 5.74) is 5.34. The van der Waals surface area contributed by atoms with E-state index in [9.17, 15) is 8.42 Å². The zero-order valence-corrected chi connectivity index (χ0v) is 10.2. The highest BCUT2D eigenvalue weighted by atomic mass is 79.9. The maximum Gasteiger partial charge on any atom is 0.182 e. The molecule has 78 valence electrons. The van der Waals surface area contributed by atoms with Gasteiger partial charge in [0.1, 0.15) is 0 Å². The molecule has 3 nitrogen and oxygen atoms in total. The molecular weight excluding hydrogens is 266 g/mol. The van der Waals surface area contributed by atoms with Gasteiger partial charge in [-0.3, -0.25) is 0 Å². The molecule has 5 heteroatoms. The second kappa shape index (κ2) is 4.42. The van der Waals surface area contributed by atoms with E-state index in [0.29, 0.717) is 4.90 Å². The highest BCUT2D eigenvalue weighted by molar-refractivity contribution is 9.10. The fraction of sp³-hybridized carbons (Fsp3) is 0.333. The van der Waals surface area contributed by atoms with Gasteiger partial charge in [-0.05, 0) is 31.2 Å². The molecule has 0 bridgehead atoms. The molecule has 0 radical (unpaired) electrons. The molecule has 1 rings (SSSR count). The lowest BCUT2D eigenvalue weighted by molar-refractivity contribution is 0.584. The first-order valence-corrected chi connectivity index (χ1v) is 6.52. The quantitative estimate of drug-likeness (QED) is 0.913. The van der Waals surface area contributed by atoms with Crippen molar-refractivity contribution in [3.63, 3.8) is 0 Å². The van der Waals surface area contributed by atoms with Crippen LogP contribution in [0.2, 0.25) is 0 Å². The lowest BCUT2D eigenvalue weighted by Gasteiger charge is -2.10. The average molecular weight is 278 g/mol. The zero-order chi connectivity index (χ0) is 10.8. The fourth-order valence-corrected chi connectivity index (χ4v) is 2.48. The molecule has 0 aromatic heterocycles. The maximum atomic E-state index is 11.8. The first-order chi connectivity index (χ1) is 6.48. The number of halogens is 1. The van der Waals surface area contributed by atoms with E-state index >= 15 is 0 Å². The molecule has 0 heterocycles. The van der Waals surface area contributed by atoms with E-state index < -0.39 is 15.1 Å². The number of sulfone groups is 1. The van der Waals surface area contributed by atoms with Gasteiger partial charge in [-0.2, -0.15) is 0 Å². The molecular formula is C9H12BrNO2S. The first kappa shape index (κ1) is 11.7. The van der Waals surface area contributed by atoms with Crippen molar-refractivity contribution in [2.45, 2.75) is 17.1 Å². The third-order valence-electron chi connectivity index (χ3n) is 2.00. The largest absolute Gasteiger partial charge is 0.329 e. The van der Waals surface area contributed by atoms with E-state index in [1.165, 1.54) is 0 Å². The van der Waals surface area contributed by atoms with Crippen molar-refractivity contribution in [3.05, 3.63) is 28.7 Å². The van der Waals surface area contributed by atoms with Gasteiger partial charge in [-0.15, -0.1) is 0 Å². The molecule has 1 atom stereocenters. The van der Waals surface area contributed by atoms with E-state index in [1.807, 2.05) is 0 Å². The Morgan fingerprint density at radius 2 is 1.86 bits per heavy atom. The van der Waals surface area contributed by atoms with Crippen LogP contribution in [0.3, 0.4) is 0 Å². The molecule has 0 aliphatic heterocycles. The van der Waals surface area contributed by atoms with Crippen LogP contribution in [0.5, 0.6) is 0 Å². The van der Waals surface area contributed by atoms with Crippen LogP contribution in [0.4, 0.5) is 0 Å². The predicted octanol–water partition coefficient (Wildman–Crippen LogP) is 1.57. The molecule has 0 aliphatic carbocycles. The van der Waals surface area contributed by atoms with Gasteiger partial charge in [0, 0.05) is 11.0 Å². The van der Waals surface area contributed by atoms with Crippen LogP contribution in [0.15, 0.2) is 33.6 Å². The first-order valence-electron chi connectivity index (χ1n) is 4.18. The Hall–Kier alpha value is -0.390. The monoisotopic (exact) mass is 277 g/mol. The van der Waals surface area contributed by atoms with Crippen LogP contribution in [-0.2, 0) is 9.84 Å². The summed E-state index contributed by atoms with van der Waals surface area (Å²) in [6.07, 6.45) is 0. The molecule has 0 saturated heterocycles. The van der Waals surface area contributed by atoms with Gasteiger partial charge in [0.15, 0.2) is 9.84 Å². The number of rotatable bonds is 3.